The molecule has 0 aliphatic heterocycles. The maximum absolute atomic E-state index is 11.6. The van der Waals surface area contributed by atoms with E-state index in [2.05, 4.69) is 14.8 Å². The molecule has 1 unspecified atom stereocenters. The van der Waals surface area contributed by atoms with Gasteiger partial charge in [-0.2, -0.15) is 5.10 Å². The number of aliphatic hydroxyl groups is 1. The van der Waals surface area contributed by atoms with E-state index in [4.69, 9.17) is 5.11 Å². The summed E-state index contributed by atoms with van der Waals surface area (Å²) < 4.78 is 5.78. The van der Waals surface area contributed by atoms with Crippen molar-refractivity contribution in [3.63, 3.8) is 0 Å². The smallest absolute Gasteiger partial charge is 0.346 e. The third-order valence-electron chi connectivity index (χ3n) is 2.10. The lowest BCUT2D eigenvalue weighted by molar-refractivity contribution is -0.173. The van der Waals surface area contributed by atoms with Gasteiger partial charge in [0.05, 0.1) is 13.0 Å². The molecule has 1 aromatic heterocycles. The largest absolute Gasteiger partial charge is 0.481 e. The first-order valence-electron chi connectivity index (χ1n) is 4.87. The van der Waals surface area contributed by atoms with Gasteiger partial charge in [0.15, 0.2) is 5.82 Å². The van der Waals surface area contributed by atoms with Crippen LogP contribution in [-0.2, 0) is 27.0 Å². The van der Waals surface area contributed by atoms with Crippen LogP contribution in [0.1, 0.15) is 19.2 Å². The van der Waals surface area contributed by atoms with Crippen molar-refractivity contribution in [2.75, 3.05) is 6.61 Å². The number of aromatic nitrogens is 3. The van der Waals surface area contributed by atoms with Crippen molar-refractivity contribution in [2.24, 2.45) is 7.05 Å². The molecule has 0 aromatic carbocycles. The highest BCUT2D eigenvalue weighted by atomic mass is 16.5. The van der Waals surface area contributed by atoms with Crippen LogP contribution in [0.4, 0.5) is 0 Å². The molecule has 0 saturated carbocycles. The normalized spacial score (nSPS) is 14.1. The Morgan fingerprint density at radius 2 is 2.24 bits per heavy atom. The Morgan fingerprint density at radius 1 is 1.59 bits per heavy atom. The highest BCUT2D eigenvalue weighted by Gasteiger charge is 2.45. The molecule has 0 amide bonds. The fourth-order valence-corrected chi connectivity index (χ4v) is 1.38. The first-order chi connectivity index (χ1) is 7.91. The molecule has 0 spiro atoms. The number of nitrogens with zero attached hydrogens (tertiary/aromatic N) is 3. The second-order valence-electron chi connectivity index (χ2n) is 3.36. The van der Waals surface area contributed by atoms with Crippen LogP contribution in [0.3, 0.4) is 0 Å². The van der Waals surface area contributed by atoms with Gasteiger partial charge in [0.1, 0.15) is 6.33 Å². The third kappa shape index (κ3) is 2.59. The summed E-state index contributed by atoms with van der Waals surface area (Å²) in [4.78, 5) is 26.0. The summed E-state index contributed by atoms with van der Waals surface area (Å²) in [6.07, 6.45) is 0.278. The molecule has 1 atom stereocenters. The van der Waals surface area contributed by atoms with Crippen LogP contribution < -0.4 is 0 Å². The minimum absolute atomic E-state index is 0.0264. The minimum Gasteiger partial charge on any atom is -0.481 e. The summed E-state index contributed by atoms with van der Waals surface area (Å²) in [5.41, 5.74) is -2.33. The zero-order chi connectivity index (χ0) is 13.1. The van der Waals surface area contributed by atoms with E-state index in [9.17, 15) is 14.7 Å². The van der Waals surface area contributed by atoms with Crippen LogP contribution in [0.15, 0.2) is 6.33 Å². The quantitative estimate of drug-likeness (QED) is 0.640. The van der Waals surface area contributed by atoms with E-state index in [1.807, 2.05) is 0 Å². The van der Waals surface area contributed by atoms with E-state index in [0.29, 0.717) is 0 Å². The lowest BCUT2D eigenvalue weighted by Crippen LogP contribution is -2.41. The molecule has 0 aliphatic carbocycles. The summed E-state index contributed by atoms with van der Waals surface area (Å²) in [7, 11) is 1.44. The van der Waals surface area contributed by atoms with Gasteiger partial charge in [0.2, 0.25) is 5.60 Å². The molecule has 17 heavy (non-hydrogen) atoms. The maximum atomic E-state index is 11.6. The fraction of sp³-hybridized carbons (Fsp3) is 0.556. The molecule has 94 valence electrons. The summed E-state index contributed by atoms with van der Waals surface area (Å²) in [6, 6.07) is 0. The molecule has 2 N–H and O–H groups in total. The van der Waals surface area contributed by atoms with E-state index in [-0.39, 0.29) is 12.4 Å². The number of carboxylic acid groups (broad SMARTS) is 1. The van der Waals surface area contributed by atoms with Crippen molar-refractivity contribution in [3.05, 3.63) is 12.2 Å². The molecule has 0 fully saturated rings. The summed E-state index contributed by atoms with van der Waals surface area (Å²) in [5.74, 6) is -2.57. The van der Waals surface area contributed by atoms with E-state index in [1.165, 1.54) is 7.05 Å². The molecule has 8 nitrogen and oxygen atoms in total. The van der Waals surface area contributed by atoms with Crippen molar-refractivity contribution < 1.29 is 24.5 Å². The topological polar surface area (TPSA) is 115 Å². The van der Waals surface area contributed by atoms with Gasteiger partial charge in [0.25, 0.3) is 0 Å². The van der Waals surface area contributed by atoms with Gasteiger partial charge in [-0.25, -0.2) is 14.5 Å². The van der Waals surface area contributed by atoms with Crippen LogP contribution in [0.25, 0.3) is 0 Å². The number of ether oxygens (including phenoxy) is 1. The van der Waals surface area contributed by atoms with Crippen LogP contribution >= 0.6 is 0 Å². The molecule has 1 heterocycles. The molecule has 0 saturated heterocycles. The predicted molar refractivity (Wildman–Crippen MR) is 53.8 cm³/mol. The summed E-state index contributed by atoms with van der Waals surface area (Å²) >= 11 is 0. The molecule has 0 aliphatic rings. The zero-order valence-corrected chi connectivity index (χ0v) is 9.45. The van der Waals surface area contributed by atoms with Crippen LogP contribution in [0.2, 0.25) is 0 Å². The van der Waals surface area contributed by atoms with Crippen molar-refractivity contribution in [2.45, 2.75) is 18.9 Å². The molecule has 1 rings (SSSR count). The zero-order valence-electron chi connectivity index (χ0n) is 9.45. The Hall–Kier alpha value is -1.96. The van der Waals surface area contributed by atoms with Gasteiger partial charge < -0.3 is 14.9 Å². The molecule has 0 radical (unpaired) electrons. The van der Waals surface area contributed by atoms with Gasteiger partial charge >= 0.3 is 11.9 Å². The average molecular weight is 243 g/mol. The first-order valence-corrected chi connectivity index (χ1v) is 4.87. The van der Waals surface area contributed by atoms with Crippen molar-refractivity contribution >= 4 is 11.9 Å². The van der Waals surface area contributed by atoms with Gasteiger partial charge in [-0.15, -0.1) is 0 Å². The summed E-state index contributed by atoms with van der Waals surface area (Å²) in [6.45, 7) is 1.58. The van der Waals surface area contributed by atoms with Crippen LogP contribution in [-0.4, -0.2) is 43.5 Å². The molecule has 0 bridgehead atoms. The number of rotatable bonds is 5. The second-order valence-corrected chi connectivity index (χ2v) is 3.36. The summed E-state index contributed by atoms with van der Waals surface area (Å²) in [5, 5.41) is 22.6. The number of aliphatic carboxylic acids is 1. The molecule has 8 heteroatoms. The minimum atomic E-state index is -2.33. The van der Waals surface area contributed by atoms with E-state index in [0.717, 1.165) is 11.0 Å². The Kier molecular flexibility index (Phi) is 3.79. The van der Waals surface area contributed by atoms with Crippen molar-refractivity contribution in [3.8, 4) is 0 Å². The first kappa shape index (κ1) is 13.1. The highest BCUT2D eigenvalue weighted by Crippen LogP contribution is 2.24. The SMILES string of the molecule is CCOC(=O)C(O)(CC(=O)O)c1ncnn1C. The Labute approximate surface area is 96.8 Å². The lowest BCUT2D eigenvalue weighted by Gasteiger charge is -2.22. The second kappa shape index (κ2) is 4.91. The monoisotopic (exact) mass is 243 g/mol. The number of aryl methyl sites for hydroxylation is 1. The van der Waals surface area contributed by atoms with Crippen molar-refractivity contribution in [1.29, 1.82) is 0 Å². The van der Waals surface area contributed by atoms with E-state index in [1.54, 1.807) is 6.92 Å². The average Bonchev–Trinajstić information content (AvgIpc) is 2.64. The number of esters is 1. The van der Waals surface area contributed by atoms with Crippen LogP contribution in [0, 0.1) is 0 Å². The van der Waals surface area contributed by atoms with Crippen molar-refractivity contribution in [1.82, 2.24) is 14.8 Å². The molecular weight excluding hydrogens is 230 g/mol. The highest BCUT2D eigenvalue weighted by molar-refractivity contribution is 5.85. The standard InChI is InChI=1S/C9H13N3O5/c1-3-17-8(15)9(16,4-6(13)14)7-10-5-11-12(7)2/h5,16H,3-4H2,1-2H3,(H,13,14). The number of carboxylic acids is 1. The predicted octanol–water partition coefficient (Wildman–Crippen LogP) is -0.960. The number of carbonyl (C=O) groups excluding carboxylic acids is 1. The molecular formula is C9H13N3O5. The van der Waals surface area contributed by atoms with Gasteiger partial charge in [-0.05, 0) is 6.92 Å². The van der Waals surface area contributed by atoms with Gasteiger partial charge in [-0.1, -0.05) is 0 Å². The lowest BCUT2D eigenvalue weighted by atomic mass is 9.99. The maximum Gasteiger partial charge on any atom is 0.346 e. The molecule has 1 aromatic rings. The van der Waals surface area contributed by atoms with Gasteiger partial charge in [0, 0.05) is 7.05 Å². The Morgan fingerprint density at radius 3 is 2.65 bits per heavy atom. The van der Waals surface area contributed by atoms with E-state index < -0.39 is 24.0 Å². The number of carbonyl (C=O) groups is 2. The fourth-order valence-electron chi connectivity index (χ4n) is 1.38. The number of hydrogen-bond acceptors (Lipinski definition) is 6. The number of hydrogen-bond donors (Lipinski definition) is 2. The van der Waals surface area contributed by atoms with E-state index >= 15 is 0 Å². The van der Waals surface area contributed by atoms with Gasteiger partial charge in [-0.3, -0.25) is 4.79 Å². The van der Waals surface area contributed by atoms with Crippen LogP contribution in [0.5, 0.6) is 0 Å². The Bertz CT molecular complexity index is 430. The Balaban J connectivity index is 3.14. The third-order valence-corrected chi connectivity index (χ3v) is 2.10.